The van der Waals surface area contributed by atoms with Gasteiger partial charge in [0.05, 0.1) is 11.1 Å². The van der Waals surface area contributed by atoms with Crippen LogP contribution in [0, 0.1) is 5.82 Å². The molecular formula is C17H18ClFN2. The molecule has 2 nitrogen and oxygen atoms in total. The summed E-state index contributed by atoms with van der Waals surface area (Å²) >= 11 is 5.90. The first-order valence-corrected chi connectivity index (χ1v) is 7.53. The van der Waals surface area contributed by atoms with Crippen LogP contribution in [-0.2, 0) is 13.0 Å². The van der Waals surface area contributed by atoms with Crippen LogP contribution in [0.2, 0.25) is 5.02 Å². The summed E-state index contributed by atoms with van der Waals surface area (Å²) in [6, 6.07) is 13.4. The lowest BCUT2D eigenvalue weighted by atomic mass is 9.96. The molecule has 0 aliphatic carbocycles. The normalized spacial score (nSPS) is 16.5. The number of rotatable bonds is 3. The molecule has 0 fully saturated rings. The van der Waals surface area contributed by atoms with E-state index in [1.807, 2.05) is 6.07 Å². The maximum Gasteiger partial charge on any atom is 0.146 e. The van der Waals surface area contributed by atoms with Gasteiger partial charge in [0.15, 0.2) is 0 Å². The molecule has 0 saturated carbocycles. The minimum atomic E-state index is -0.353. The number of benzene rings is 2. The second-order valence-electron chi connectivity index (χ2n) is 5.38. The molecule has 2 N–H and O–H groups in total. The molecule has 1 aliphatic heterocycles. The fourth-order valence-electron chi connectivity index (χ4n) is 3.03. The van der Waals surface area contributed by atoms with Crippen molar-refractivity contribution < 1.29 is 4.39 Å². The van der Waals surface area contributed by atoms with Gasteiger partial charge in [0.25, 0.3) is 0 Å². The summed E-state index contributed by atoms with van der Waals surface area (Å²) in [7, 11) is 0. The molecule has 0 spiro atoms. The number of halogens is 2. The van der Waals surface area contributed by atoms with Crippen molar-refractivity contribution >= 4 is 11.6 Å². The van der Waals surface area contributed by atoms with Crippen molar-refractivity contribution in [1.82, 2.24) is 4.90 Å². The highest BCUT2D eigenvalue weighted by Gasteiger charge is 2.26. The van der Waals surface area contributed by atoms with Gasteiger partial charge in [-0.25, -0.2) is 4.39 Å². The zero-order chi connectivity index (χ0) is 14.8. The van der Waals surface area contributed by atoms with Crippen LogP contribution in [0.3, 0.4) is 0 Å². The van der Waals surface area contributed by atoms with Gasteiger partial charge >= 0.3 is 0 Å². The second kappa shape index (κ2) is 6.14. The summed E-state index contributed by atoms with van der Waals surface area (Å²) in [5.41, 5.74) is 9.18. The first kappa shape index (κ1) is 14.5. The average Bonchev–Trinajstić information content (AvgIpc) is 2.52. The largest absolute Gasteiger partial charge is 0.329 e. The Labute approximate surface area is 129 Å². The highest BCUT2D eigenvalue weighted by Crippen LogP contribution is 2.30. The SMILES string of the molecule is NCC(c1cccc(Cl)c1F)N1CCc2ccccc2C1. The first-order valence-electron chi connectivity index (χ1n) is 7.15. The highest BCUT2D eigenvalue weighted by molar-refractivity contribution is 6.30. The fourth-order valence-corrected chi connectivity index (χ4v) is 3.22. The maximum atomic E-state index is 14.3. The molecule has 21 heavy (non-hydrogen) atoms. The van der Waals surface area contributed by atoms with E-state index in [0.29, 0.717) is 12.1 Å². The van der Waals surface area contributed by atoms with Crippen LogP contribution in [0.15, 0.2) is 42.5 Å². The lowest BCUT2D eigenvalue weighted by Crippen LogP contribution is -2.38. The van der Waals surface area contributed by atoms with Crippen LogP contribution in [0.5, 0.6) is 0 Å². The summed E-state index contributed by atoms with van der Waals surface area (Å²) in [4.78, 5) is 2.23. The fraction of sp³-hybridized carbons (Fsp3) is 0.294. The van der Waals surface area contributed by atoms with Crippen LogP contribution in [0.25, 0.3) is 0 Å². The van der Waals surface area contributed by atoms with E-state index >= 15 is 0 Å². The molecule has 2 aromatic carbocycles. The number of hydrogen-bond donors (Lipinski definition) is 1. The molecule has 1 aliphatic rings. The Morgan fingerprint density at radius 2 is 1.90 bits per heavy atom. The van der Waals surface area contributed by atoms with Crippen LogP contribution < -0.4 is 5.73 Å². The number of fused-ring (bicyclic) bond motifs is 1. The quantitative estimate of drug-likeness (QED) is 0.940. The Bertz CT molecular complexity index is 644. The van der Waals surface area contributed by atoms with Crippen LogP contribution in [0.1, 0.15) is 22.7 Å². The highest BCUT2D eigenvalue weighted by atomic mass is 35.5. The van der Waals surface area contributed by atoms with Gasteiger partial charge in [-0.05, 0) is 23.6 Å². The summed E-state index contributed by atoms with van der Waals surface area (Å²) in [6.07, 6.45) is 0.967. The molecular weight excluding hydrogens is 287 g/mol. The van der Waals surface area contributed by atoms with Crippen molar-refractivity contribution in [1.29, 1.82) is 0 Å². The zero-order valence-corrected chi connectivity index (χ0v) is 12.5. The van der Waals surface area contributed by atoms with Gasteiger partial charge in [0.2, 0.25) is 0 Å². The number of nitrogens with two attached hydrogens (primary N) is 1. The van der Waals surface area contributed by atoms with Gasteiger partial charge in [-0.1, -0.05) is 48.0 Å². The van der Waals surface area contributed by atoms with Crippen molar-refractivity contribution in [2.75, 3.05) is 13.1 Å². The Morgan fingerprint density at radius 3 is 2.67 bits per heavy atom. The number of nitrogens with zero attached hydrogens (tertiary/aromatic N) is 1. The molecule has 0 saturated heterocycles. The monoisotopic (exact) mass is 304 g/mol. The van der Waals surface area contributed by atoms with E-state index in [1.54, 1.807) is 18.2 Å². The van der Waals surface area contributed by atoms with Crippen LogP contribution in [-0.4, -0.2) is 18.0 Å². The van der Waals surface area contributed by atoms with Crippen molar-refractivity contribution in [3.05, 3.63) is 70.0 Å². The second-order valence-corrected chi connectivity index (χ2v) is 5.79. The van der Waals surface area contributed by atoms with Gasteiger partial charge in [0.1, 0.15) is 5.82 Å². The van der Waals surface area contributed by atoms with Crippen molar-refractivity contribution in [2.24, 2.45) is 5.73 Å². The Kier molecular flexibility index (Phi) is 4.24. The smallest absolute Gasteiger partial charge is 0.146 e. The van der Waals surface area contributed by atoms with E-state index in [4.69, 9.17) is 17.3 Å². The van der Waals surface area contributed by atoms with E-state index in [1.165, 1.54) is 11.1 Å². The average molecular weight is 305 g/mol. The molecule has 0 radical (unpaired) electrons. The molecule has 1 heterocycles. The van der Waals surface area contributed by atoms with Gasteiger partial charge in [-0.15, -0.1) is 0 Å². The summed E-state index contributed by atoms with van der Waals surface area (Å²) in [5, 5.41) is 0.156. The minimum Gasteiger partial charge on any atom is -0.329 e. The maximum absolute atomic E-state index is 14.3. The van der Waals surface area contributed by atoms with Crippen LogP contribution >= 0.6 is 11.6 Å². The third-order valence-corrected chi connectivity index (χ3v) is 4.46. The molecule has 4 heteroatoms. The molecule has 0 amide bonds. The van der Waals surface area contributed by atoms with Gasteiger partial charge in [-0.2, -0.15) is 0 Å². The summed E-state index contributed by atoms with van der Waals surface area (Å²) < 4.78 is 14.3. The third kappa shape index (κ3) is 2.82. The molecule has 2 aromatic rings. The predicted octanol–water partition coefficient (Wildman–Crippen LogP) is 3.54. The number of hydrogen-bond acceptors (Lipinski definition) is 2. The van der Waals surface area contributed by atoms with Crippen molar-refractivity contribution in [3.63, 3.8) is 0 Å². The summed E-state index contributed by atoms with van der Waals surface area (Å²) in [5.74, 6) is -0.353. The van der Waals surface area contributed by atoms with Crippen molar-refractivity contribution in [3.8, 4) is 0 Å². The van der Waals surface area contributed by atoms with Crippen molar-refractivity contribution in [2.45, 2.75) is 19.0 Å². The summed E-state index contributed by atoms with van der Waals surface area (Å²) in [6.45, 7) is 2.05. The van der Waals surface area contributed by atoms with E-state index in [0.717, 1.165) is 19.5 Å². The van der Waals surface area contributed by atoms with Gasteiger partial charge in [0, 0.05) is 25.2 Å². The molecule has 3 rings (SSSR count). The zero-order valence-electron chi connectivity index (χ0n) is 11.7. The first-order chi connectivity index (χ1) is 10.2. The molecule has 1 unspecified atom stereocenters. The molecule has 0 bridgehead atoms. The Hall–Kier alpha value is -1.42. The third-order valence-electron chi connectivity index (χ3n) is 4.16. The van der Waals surface area contributed by atoms with Gasteiger partial charge < -0.3 is 5.73 Å². The van der Waals surface area contributed by atoms with E-state index in [9.17, 15) is 4.39 Å². The topological polar surface area (TPSA) is 29.3 Å². The van der Waals surface area contributed by atoms with Crippen LogP contribution in [0.4, 0.5) is 4.39 Å². The Morgan fingerprint density at radius 1 is 1.14 bits per heavy atom. The lowest BCUT2D eigenvalue weighted by molar-refractivity contribution is 0.180. The van der Waals surface area contributed by atoms with Gasteiger partial charge in [-0.3, -0.25) is 4.90 Å². The standard InChI is InChI=1S/C17H18ClFN2/c18-15-7-3-6-14(17(15)19)16(10-20)21-9-8-12-4-1-2-5-13(12)11-21/h1-7,16H,8-11,20H2. The molecule has 110 valence electrons. The van der Waals surface area contributed by atoms with E-state index in [2.05, 4.69) is 23.1 Å². The molecule has 1 atom stereocenters. The molecule has 0 aromatic heterocycles. The lowest BCUT2D eigenvalue weighted by Gasteiger charge is -2.35. The predicted molar refractivity (Wildman–Crippen MR) is 83.8 cm³/mol. The van der Waals surface area contributed by atoms with E-state index < -0.39 is 0 Å². The minimum absolute atomic E-state index is 0.142. The Balaban J connectivity index is 1.90. The van der Waals surface area contributed by atoms with E-state index in [-0.39, 0.29) is 16.9 Å².